The quantitative estimate of drug-likeness (QED) is 0.632. The highest BCUT2D eigenvalue weighted by atomic mass is 19.3. The Balaban J connectivity index is 2.13. The van der Waals surface area contributed by atoms with E-state index < -0.39 is 17.8 Å². The summed E-state index contributed by atoms with van der Waals surface area (Å²) in [5.41, 5.74) is 2.59. The summed E-state index contributed by atoms with van der Waals surface area (Å²) in [6.07, 6.45) is 0.416. The normalized spacial score (nSPS) is 11.2. The minimum atomic E-state index is -2.78. The molecule has 0 bridgehead atoms. The molecular formula is C19H21F3. The Morgan fingerprint density at radius 2 is 1.45 bits per heavy atom. The summed E-state index contributed by atoms with van der Waals surface area (Å²) < 4.78 is 40.1. The van der Waals surface area contributed by atoms with Crippen LogP contribution in [0.1, 0.15) is 47.6 Å². The summed E-state index contributed by atoms with van der Waals surface area (Å²) in [4.78, 5) is 0. The zero-order chi connectivity index (χ0) is 16.1. The van der Waals surface area contributed by atoms with Gasteiger partial charge in [0, 0.05) is 0 Å². The maximum atomic E-state index is 13.9. The van der Waals surface area contributed by atoms with E-state index in [1.54, 1.807) is 12.1 Å². The molecule has 0 aliphatic carbocycles. The van der Waals surface area contributed by atoms with Crippen molar-refractivity contribution in [1.82, 2.24) is 0 Å². The molecule has 0 unspecified atom stereocenters. The van der Waals surface area contributed by atoms with Crippen molar-refractivity contribution in [2.45, 2.75) is 46.0 Å². The van der Waals surface area contributed by atoms with Gasteiger partial charge in [0.2, 0.25) is 0 Å². The number of halogens is 3. The van der Waals surface area contributed by atoms with Gasteiger partial charge in [-0.2, -0.15) is 0 Å². The van der Waals surface area contributed by atoms with E-state index in [0.29, 0.717) is 18.4 Å². The van der Waals surface area contributed by atoms with Crippen LogP contribution in [-0.4, -0.2) is 0 Å². The van der Waals surface area contributed by atoms with E-state index in [4.69, 9.17) is 0 Å². The molecule has 0 aliphatic rings. The molecule has 0 atom stereocenters. The second-order valence-electron chi connectivity index (χ2n) is 5.64. The fourth-order valence-electron chi connectivity index (χ4n) is 2.64. The molecule has 0 fully saturated rings. The largest absolute Gasteiger partial charge is 0.266 e. The average Bonchev–Trinajstić information content (AvgIpc) is 2.49. The molecule has 0 heterocycles. The lowest BCUT2D eigenvalue weighted by Gasteiger charge is -2.12. The van der Waals surface area contributed by atoms with Crippen molar-refractivity contribution < 1.29 is 13.2 Å². The molecule has 0 spiro atoms. The molecular weight excluding hydrogens is 285 g/mol. The molecule has 0 saturated carbocycles. The van der Waals surface area contributed by atoms with Crippen molar-refractivity contribution in [1.29, 1.82) is 0 Å². The summed E-state index contributed by atoms with van der Waals surface area (Å²) in [6, 6.07) is 11.4. The summed E-state index contributed by atoms with van der Waals surface area (Å²) in [6.45, 7) is 3.64. The lowest BCUT2D eigenvalue weighted by atomic mass is 9.97. The van der Waals surface area contributed by atoms with Gasteiger partial charge in [0.1, 0.15) is 5.82 Å². The smallest absolute Gasteiger partial charge is 0.206 e. The topological polar surface area (TPSA) is 0 Å². The monoisotopic (exact) mass is 306 g/mol. The molecule has 0 amide bonds. The first-order chi connectivity index (χ1) is 10.5. The Morgan fingerprint density at radius 3 is 2.00 bits per heavy atom. The maximum absolute atomic E-state index is 13.9. The van der Waals surface area contributed by atoms with Crippen LogP contribution in [0.5, 0.6) is 0 Å². The van der Waals surface area contributed by atoms with Crippen molar-refractivity contribution in [3.8, 4) is 0 Å². The number of hydrogen-bond donors (Lipinski definition) is 0. The minimum absolute atomic E-state index is 0.267. The van der Waals surface area contributed by atoms with Crippen LogP contribution in [-0.2, 0) is 19.3 Å². The van der Waals surface area contributed by atoms with Crippen LogP contribution in [0.4, 0.5) is 13.2 Å². The highest BCUT2D eigenvalue weighted by Crippen LogP contribution is 2.28. The van der Waals surface area contributed by atoms with Crippen molar-refractivity contribution in [3.63, 3.8) is 0 Å². The fourth-order valence-corrected chi connectivity index (χ4v) is 2.64. The van der Waals surface area contributed by atoms with Gasteiger partial charge in [-0.3, -0.25) is 0 Å². The van der Waals surface area contributed by atoms with Gasteiger partial charge >= 0.3 is 0 Å². The molecule has 118 valence electrons. The third-order valence-electron chi connectivity index (χ3n) is 3.93. The van der Waals surface area contributed by atoms with Gasteiger partial charge in [-0.05, 0) is 48.4 Å². The van der Waals surface area contributed by atoms with Crippen LogP contribution >= 0.6 is 0 Å². The van der Waals surface area contributed by atoms with Crippen LogP contribution in [0.2, 0.25) is 0 Å². The van der Waals surface area contributed by atoms with Gasteiger partial charge in [-0.15, -0.1) is 0 Å². The molecule has 22 heavy (non-hydrogen) atoms. The predicted molar refractivity (Wildman–Crippen MR) is 83.9 cm³/mol. The lowest BCUT2D eigenvalue weighted by Crippen LogP contribution is -2.03. The van der Waals surface area contributed by atoms with E-state index in [1.807, 2.05) is 12.1 Å². The number of rotatable bonds is 6. The van der Waals surface area contributed by atoms with Gasteiger partial charge in [-0.1, -0.05) is 49.7 Å². The van der Waals surface area contributed by atoms with Gasteiger partial charge in [-0.25, -0.2) is 13.2 Å². The molecule has 0 nitrogen and oxygen atoms in total. The van der Waals surface area contributed by atoms with E-state index in [-0.39, 0.29) is 5.56 Å². The first-order valence-electron chi connectivity index (χ1n) is 7.66. The highest BCUT2D eigenvalue weighted by molar-refractivity contribution is 5.35. The molecule has 2 rings (SSSR count). The van der Waals surface area contributed by atoms with E-state index in [0.717, 1.165) is 18.4 Å². The third-order valence-corrected chi connectivity index (χ3v) is 3.93. The number of alkyl halides is 2. The van der Waals surface area contributed by atoms with Crippen molar-refractivity contribution in [3.05, 3.63) is 70.0 Å². The Labute approximate surface area is 130 Å². The van der Waals surface area contributed by atoms with Gasteiger partial charge < -0.3 is 0 Å². The number of hydrogen-bond acceptors (Lipinski definition) is 0. The molecule has 2 aromatic carbocycles. The number of aryl methyl sites for hydroxylation is 4. The van der Waals surface area contributed by atoms with E-state index in [2.05, 4.69) is 19.1 Å². The zero-order valence-electron chi connectivity index (χ0n) is 13.0. The standard InChI is InChI=1S/C19H21F3/c1-3-4-14-6-8-15(9-7-14)10-12-16-11-5-13(2)18(20)17(16)19(21)22/h5-9,11,19H,3-4,10,12H2,1-2H3. The van der Waals surface area contributed by atoms with Gasteiger partial charge in [0.15, 0.2) is 0 Å². The van der Waals surface area contributed by atoms with Crippen molar-refractivity contribution in [2.75, 3.05) is 0 Å². The maximum Gasteiger partial charge on any atom is 0.266 e. The lowest BCUT2D eigenvalue weighted by molar-refractivity contribution is 0.145. The first kappa shape index (κ1) is 16.6. The van der Waals surface area contributed by atoms with Crippen LogP contribution in [0.25, 0.3) is 0 Å². The molecule has 2 aromatic rings. The first-order valence-corrected chi connectivity index (χ1v) is 7.66. The van der Waals surface area contributed by atoms with Crippen LogP contribution in [0.15, 0.2) is 36.4 Å². The van der Waals surface area contributed by atoms with Crippen LogP contribution < -0.4 is 0 Å². The predicted octanol–water partition coefficient (Wildman–Crippen LogP) is 5.81. The fraction of sp³-hybridized carbons (Fsp3) is 0.368. The summed E-state index contributed by atoms with van der Waals surface area (Å²) in [7, 11) is 0. The molecule has 0 saturated heterocycles. The highest BCUT2D eigenvalue weighted by Gasteiger charge is 2.19. The molecule has 3 heteroatoms. The Bertz CT molecular complexity index is 615. The third kappa shape index (κ3) is 3.90. The SMILES string of the molecule is CCCc1ccc(CCc2ccc(C)c(F)c2C(F)F)cc1. The molecule has 0 radical (unpaired) electrons. The van der Waals surface area contributed by atoms with Gasteiger partial charge in [0.25, 0.3) is 6.43 Å². The van der Waals surface area contributed by atoms with E-state index in [1.165, 1.54) is 12.5 Å². The van der Waals surface area contributed by atoms with Crippen LogP contribution in [0.3, 0.4) is 0 Å². The minimum Gasteiger partial charge on any atom is -0.206 e. The Kier molecular flexibility index (Phi) is 5.64. The molecule has 0 aromatic heterocycles. The van der Waals surface area contributed by atoms with E-state index in [9.17, 15) is 13.2 Å². The van der Waals surface area contributed by atoms with Crippen LogP contribution in [0, 0.1) is 12.7 Å². The van der Waals surface area contributed by atoms with E-state index >= 15 is 0 Å². The average molecular weight is 306 g/mol. The molecule has 0 aliphatic heterocycles. The van der Waals surface area contributed by atoms with Crippen molar-refractivity contribution in [2.24, 2.45) is 0 Å². The molecule has 0 N–H and O–H groups in total. The summed E-state index contributed by atoms with van der Waals surface area (Å²) in [5.74, 6) is -0.772. The Morgan fingerprint density at radius 1 is 0.864 bits per heavy atom. The second-order valence-corrected chi connectivity index (χ2v) is 5.64. The Hall–Kier alpha value is -1.77. The number of benzene rings is 2. The summed E-state index contributed by atoms with van der Waals surface area (Å²) in [5, 5.41) is 0. The van der Waals surface area contributed by atoms with Gasteiger partial charge in [0.05, 0.1) is 5.56 Å². The van der Waals surface area contributed by atoms with Crippen molar-refractivity contribution >= 4 is 0 Å². The zero-order valence-corrected chi connectivity index (χ0v) is 13.0. The second kappa shape index (κ2) is 7.48. The summed E-state index contributed by atoms with van der Waals surface area (Å²) >= 11 is 0.